The molecule has 3 N–H and O–H groups in total. The number of benzene rings is 2. The van der Waals surface area contributed by atoms with Gasteiger partial charge in [0.25, 0.3) is 0 Å². The molecule has 0 aliphatic carbocycles. The molecule has 0 aliphatic rings. The molecule has 6 nitrogen and oxygen atoms in total. The summed E-state index contributed by atoms with van der Waals surface area (Å²) in [5, 5.41) is 9.06. The van der Waals surface area contributed by atoms with Gasteiger partial charge in [-0.15, -0.1) is 0 Å². The van der Waals surface area contributed by atoms with Crippen molar-refractivity contribution in [1.82, 2.24) is 4.98 Å². The van der Waals surface area contributed by atoms with Gasteiger partial charge in [-0.3, -0.25) is 4.98 Å². The number of hydrogen-bond acceptors (Lipinski definition) is 6. The lowest BCUT2D eigenvalue weighted by molar-refractivity contribution is -0.141. The van der Waals surface area contributed by atoms with Crippen LogP contribution in [0.25, 0.3) is 0 Å². The number of alkyl halides is 3. The van der Waals surface area contributed by atoms with Gasteiger partial charge in [-0.05, 0) is 48.5 Å². The van der Waals surface area contributed by atoms with Crippen LogP contribution in [0, 0.1) is 11.3 Å². The number of aromatic nitrogens is 1. The number of pyridine rings is 1. The first kappa shape index (κ1) is 21.8. The maximum atomic E-state index is 13.6. The summed E-state index contributed by atoms with van der Waals surface area (Å²) in [7, 11) is 0. The second-order valence-corrected chi connectivity index (χ2v) is 6.23. The molecule has 2 aromatic carbocycles. The largest absolute Gasteiger partial charge is 0.454 e. The Hall–Kier alpha value is -3.95. The monoisotopic (exact) mass is 431 g/mol. The standard InChI is InChI=1S/C21H17F4N5O/c22-18-3-1-2-4-19(18)31-17-7-5-14(6-8-17)28-12-16(30-26)13-29-15-9-10-27-20(11-15)21(23,24)25/h1-12,26,28H,13H2,(H,27,29)/b16-12-,30-26?. The van der Waals surface area contributed by atoms with Gasteiger partial charge < -0.3 is 15.4 Å². The van der Waals surface area contributed by atoms with Gasteiger partial charge in [0, 0.05) is 23.8 Å². The summed E-state index contributed by atoms with van der Waals surface area (Å²) in [6.45, 7) is 0.0201. The van der Waals surface area contributed by atoms with Crippen molar-refractivity contribution in [3.8, 4) is 11.5 Å². The molecule has 1 heterocycles. The first-order valence-electron chi connectivity index (χ1n) is 8.98. The van der Waals surface area contributed by atoms with Gasteiger partial charge >= 0.3 is 6.18 Å². The summed E-state index contributed by atoms with van der Waals surface area (Å²) in [6.07, 6.45) is -2.05. The van der Waals surface area contributed by atoms with E-state index >= 15 is 0 Å². The summed E-state index contributed by atoms with van der Waals surface area (Å²) >= 11 is 0. The smallest absolute Gasteiger partial charge is 0.433 e. The van der Waals surface area contributed by atoms with E-state index in [0.717, 1.165) is 12.3 Å². The van der Waals surface area contributed by atoms with E-state index in [4.69, 9.17) is 10.3 Å². The molecule has 0 spiro atoms. The van der Waals surface area contributed by atoms with Crippen molar-refractivity contribution in [2.75, 3.05) is 17.2 Å². The number of hydrogen-bond donors (Lipinski definition) is 3. The third-order valence-corrected chi connectivity index (χ3v) is 3.99. The lowest BCUT2D eigenvalue weighted by Gasteiger charge is -2.10. The summed E-state index contributed by atoms with van der Waals surface area (Å²) in [5.74, 6) is 0.0671. The van der Waals surface area contributed by atoms with E-state index in [2.05, 4.69) is 20.7 Å². The molecule has 0 amide bonds. The quantitative estimate of drug-likeness (QED) is 0.284. The Morgan fingerprint density at radius 2 is 1.81 bits per heavy atom. The second-order valence-electron chi connectivity index (χ2n) is 6.23. The van der Waals surface area contributed by atoms with Crippen LogP contribution in [0.15, 0.2) is 83.9 Å². The molecule has 160 valence electrons. The molecule has 0 fully saturated rings. The topological polar surface area (TPSA) is 82.4 Å². The highest BCUT2D eigenvalue weighted by atomic mass is 19.4. The summed E-state index contributed by atoms with van der Waals surface area (Å²) in [5.41, 5.74) is 7.32. The van der Waals surface area contributed by atoms with Crippen molar-refractivity contribution in [1.29, 1.82) is 5.53 Å². The van der Waals surface area contributed by atoms with Gasteiger partial charge in [-0.1, -0.05) is 12.1 Å². The molecule has 10 heteroatoms. The van der Waals surface area contributed by atoms with Gasteiger partial charge in [0.15, 0.2) is 11.6 Å². The molecule has 0 saturated heterocycles. The number of ether oxygens (including phenoxy) is 1. The average molecular weight is 431 g/mol. The summed E-state index contributed by atoms with van der Waals surface area (Å²) in [4.78, 5) is 3.29. The van der Waals surface area contributed by atoms with Crippen LogP contribution in [0.2, 0.25) is 0 Å². The molecule has 0 saturated carbocycles. The van der Waals surface area contributed by atoms with E-state index in [1.165, 1.54) is 24.4 Å². The number of halogens is 4. The molecule has 0 radical (unpaired) electrons. The zero-order valence-electron chi connectivity index (χ0n) is 15.9. The van der Waals surface area contributed by atoms with Gasteiger partial charge in [-0.25, -0.2) is 9.92 Å². The minimum atomic E-state index is -4.54. The van der Waals surface area contributed by atoms with Crippen molar-refractivity contribution >= 4 is 11.4 Å². The van der Waals surface area contributed by atoms with Gasteiger partial charge in [0.1, 0.15) is 11.4 Å². The molecular formula is C21H17F4N5O. The molecule has 0 atom stereocenters. The Kier molecular flexibility index (Phi) is 6.81. The number of nitrogens with one attached hydrogen (secondary N) is 3. The molecular weight excluding hydrogens is 414 g/mol. The van der Waals surface area contributed by atoms with Crippen LogP contribution in [0.4, 0.5) is 28.9 Å². The maximum Gasteiger partial charge on any atom is 0.433 e. The first-order chi connectivity index (χ1) is 14.8. The van der Waals surface area contributed by atoms with E-state index in [-0.39, 0.29) is 23.7 Å². The minimum Gasteiger partial charge on any atom is -0.454 e. The van der Waals surface area contributed by atoms with E-state index in [0.29, 0.717) is 11.4 Å². The normalized spacial score (nSPS) is 11.7. The number of rotatable bonds is 8. The molecule has 3 aromatic rings. The van der Waals surface area contributed by atoms with E-state index in [9.17, 15) is 17.6 Å². The van der Waals surface area contributed by atoms with Crippen molar-refractivity contribution in [3.05, 3.63) is 90.3 Å². The van der Waals surface area contributed by atoms with Crippen molar-refractivity contribution in [2.45, 2.75) is 6.18 Å². The van der Waals surface area contributed by atoms with Crippen molar-refractivity contribution in [3.63, 3.8) is 0 Å². The van der Waals surface area contributed by atoms with Gasteiger partial charge in [0.05, 0.1) is 12.2 Å². The highest BCUT2D eigenvalue weighted by Crippen LogP contribution is 2.29. The van der Waals surface area contributed by atoms with Gasteiger partial charge in [-0.2, -0.15) is 18.3 Å². The maximum absolute atomic E-state index is 13.6. The predicted molar refractivity (Wildman–Crippen MR) is 107 cm³/mol. The lowest BCUT2D eigenvalue weighted by Crippen LogP contribution is -2.10. The van der Waals surface area contributed by atoms with E-state index in [1.54, 1.807) is 36.4 Å². The molecule has 0 bridgehead atoms. The fraction of sp³-hybridized carbons (Fsp3) is 0.0952. The van der Waals surface area contributed by atoms with E-state index < -0.39 is 17.7 Å². The molecule has 0 unspecified atom stereocenters. The number of anilines is 2. The minimum absolute atomic E-state index is 0.0201. The Morgan fingerprint density at radius 3 is 2.48 bits per heavy atom. The Bertz CT molecular complexity index is 1070. The van der Waals surface area contributed by atoms with Crippen LogP contribution in [0.1, 0.15) is 5.69 Å². The fourth-order valence-corrected chi connectivity index (χ4v) is 2.45. The second kappa shape index (κ2) is 9.70. The zero-order chi connectivity index (χ0) is 22.3. The molecule has 31 heavy (non-hydrogen) atoms. The first-order valence-corrected chi connectivity index (χ1v) is 8.98. The van der Waals surface area contributed by atoms with E-state index in [1.807, 2.05) is 0 Å². The van der Waals surface area contributed by atoms with Crippen LogP contribution in [-0.2, 0) is 6.18 Å². The number of para-hydroxylation sites is 1. The van der Waals surface area contributed by atoms with Crippen LogP contribution < -0.4 is 15.4 Å². The van der Waals surface area contributed by atoms with Crippen molar-refractivity contribution in [2.24, 2.45) is 5.11 Å². The average Bonchev–Trinajstić information content (AvgIpc) is 2.76. The third-order valence-electron chi connectivity index (χ3n) is 3.99. The number of nitrogens with zero attached hydrogens (tertiary/aromatic N) is 2. The van der Waals surface area contributed by atoms with Crippen LogP contribution in [-0.4, -0.2) is 11.5 Å². The molecule has 1 aromatic heterocycles. The van der Waals surface area contributed by atoms with Crippen molar-refractivity contribution < 1.29 is 22.3 Å². The predicted octanol–water partition coefficient (Wildman–Crippen LogP) is 6.43. The van der Waals surface area contributed by atoms with Crippen LogP contribution in [0.3, 0.4) is 0 Å². The fourth-order valence-electron chi connectivity index (χ4n) is 2.45. The SMILES string of the molecule is N=N/C(=C\Nc1ccc(Oc2ccccc2F)cc1)CNc1ccnc(C(F)(F)F)c1. The Balaban J connectivity index is 1.58. The highest BCUT2D eigenvalue weighted by molar-refractivity contribution is 5.50. The highest BCUT2D eigenvalue weighted by Gasteiger charge is 2.32. The lowest BCUT2D eigenvalue weighted by atomic mass is 10.3. The molecule has 3 rings (SSSR count). The summed E-state index contributed by atoms with van der Waals surface area (Å²) < 4.78 is 57.3. The van der Waals surface area contributed by atoms with Crippen LogP contribution in [0.5, 0.6) is 11.5 Å². The van der Waals surface area contributed by atoms with Gasteiger partial charge in [0.2, 0.25) is 0 Å². The zero-order valence-corrected chi connectivity index (χ0v) is 15.9. The molecule has 0 aliphatic heterocycles. The third kappa shape index (κ3) is 6.26. The Morgan fingerprint density at radius 1 is 1.06 bits per heavy atom. The Labute approximate surface area is 175 Å². The van der Waals surface area contributed by atoms with Crippen LogP contribution >= 0.6 is 0 Å². The summed E-state index contributed by atoms with van der Waals surface area (Å²) in [6, 6.07) is 14.9.